The van der Waals surface area contributed by atoms with E-state index in [0.29, 0.717) is 11.8 Å². The SMILES string of the molecule is Cc1cc(C=NC2CCCCC2)c(O)c(-c2ccccc2)c1.[Cl][Ti][Cl]. The van der Waals surface area contributed by atoms with E-state index in [2.05, 4.69) is 6.92 Å². The van der Waals surface area contributed by atoms with Crippen molar-refractivity contribution in [1.29, 1.82) is 0 Å². The Bertz CT molecular complexity index is 686. The number of aliphatic imine (C=N–C) groups is 1. The Morgan fingerprint density at radius 2 is 1.72 bits per heavy atom. The molecule has 1 N–H and O–H groups in total. The second-order valence-corrected chi connectivity index (χ2v) is 8.84. The number of halogens is 2. The first kappa shape index (κ1) is 20.5. The molecule has 0 amide bonds. The van der Waals surface area contributed by atoms with Crippen molar-refractivity contribution in [3.05, 3.63) is 53.6 Å². The molecule has 0 radical (unpaired) electrons. The van der Waals surface area contributed by atoms with Crippen LogP contribution in [-0.2, 0) is 17.0 Å². The number of phenols is 1. The molecule has 2 nitrogen and oxygen atoms in total. The average Bonchev–Trinajstić information content (AvgIpc) is 2.64. The summed E-state index contributed by atoms with van der Waals surface area (Å²) in [6, 6.07) is 14.5. The number of aryl methyl sites for hydroxylation is 1. The molecule has 5 heteroatoms. The van der Waals surface area contributed by atoms with Gasteiger partial charge in [0, 0.05) is 23.4 Å². The minimum atomic E-state index is -0.556. The molecule has 2 aromatic carbocycles. The number of phenolic OH excluding ortho intramolecular Hbond substituents is 1. The molecule has 0 bridgehead atoms. The number of aromatic hydroxyl groups is 1. The van der Waals surface area contributed by atoms with Crippen LogP contribution in [0, 0.1) is 6.92 Å². The van der Waals surface area contributed by atoms with Gasteiger partial charge < -0.3 is 5.11 Å². The van der Waals surface area contributed by atoms with E-state index < -0.39 is 17.0 Å². The molecule has 1 aliphatic carbocycles. The van der Waals surface area contributed by atoms with Gasteiger partial charge >= 0.3 is 35.6 Å². The van der Waals surface area contributed by atoms with Gasteiger partial charge in [0.15, 0.2) is 0 Å². The predicted octanol–water partition coefficient (Wildman–Crippen LogP) is 6.50. The number of hydrogen-bond acceptors (Lipinski definition) is 2. The zero-order chi connectivity index (χ0) is 18.1. The molecule has 0 saturated heterocycles. The summed E-state index contributed by atoms with van der Waals surface area (Å²) in [5.74, 6) is 0.330. The monoisotopic (exact) mass is 411 g/mol. The van der Waals surface area contributed by atoms with Crippen LogP contribution >= 0.6 is 18.6 Å². The number of benzene rings is 2. The molecule has 3 rings (SSSR count). The Morgan fingerprint density at radius 3 is 2.36 bits per heavy atom. The van der Waals surface area contributed by atoms with Gasteiger partial charge in [-0.3, -0.25) is 4.99 Å². The zero-order valence-corrected chi connectivity index (χ0v) is 17.5. The summed E-state index contributed by atoms with van der Waals surface area (Å²) in [6.07, 6.45) is 8.10. The molecule has 1 aliphatic rings. The summed E-state index contributed by atoms with van der Waals surface area (Å²) in [7, 11) is 9.78. The first-order valence-electron chi connectivity index (χ1n) is 8.54. The van der Waals surface area contributed by atoms with Crippen LogP contribution < -0.4 is 0 Å². The van der Waals surface area contributed by atoms with Gasteiger partial charge in [-0.1, -0.05) is 49.6 Å². The van der Waals surface area contributed by atoms with Crippen molar-refractivity contribution in [3.63, 3.8) is 0 Å². The van der Waals surface area contributed by atoms with Crippen molar-refractivity contribution in [3.8, 4) is 16.9 Å². The molecule has 0 unspecified atom stereocenters. The van der Waals surface area contributed by atoms with E-state index in [1.165, 1.54) is 32.1 Å². The number of nitrogens with zero attached hydrogens (tertiary/aromatic N) is 1. The Labute approximate surface area is 167 Å². The third-order valence-corrected chi connectivity index (χ3v) is 4.37. The summed E-state index contributed by atoms with van der Waals surface area (Å²) in [6.45, 7) is 2.06. The Morgan fingerprint density at radius 1 is 1.08 bits per heavy atom. The molecule has 2 aromatic rings. The van der Waals surface area contributed by atoms with E-state index >= 15 is 0 Å². The van der Waals surface area contributed by atoms with E-state index in [4.69, 9.17) is 23.6 Å². The van der Waals surface area contributed by atoms with Crippen molar-refractivity contribution >= 4 is 24.8 Å². The van der Waals surface area contributed by atoms with E-state index in [1.807, 2.05) is 48.7 Å². The molecular formula is C20H23Cl2NOTi. The van der Waals surface area contributed by atoms with Crippen LogP contribution in [0.5, 0.6) is 5.75 Å². The van der Waals surface area contributed by atoms with Crippen molar-refractivity contribution in [2.24, 2.45) is 4.99 Å². The summed E-state index contributed by atoms with van der Waals surface area (Å²) in [5.41, 5.74) is 3.88. The quantitative estimate of drug-likeness (QED) is 0.453. The predicted molar refractivity (Wildman–Crippen MR) is 104 cm³/mol. The van der Waals surface area contributed by atoms with Gasteiger partial charge in [-0.25, -0.2) is 0 Å². The van der Waals surface area contributed by atoms with Gasteiger partial charge in [-0.05, 0) is 43.0 Å². The maximum atomic E-state index is 10.6. The van der Waals surface area contributed by atoms with Gasteiger partial charge in [-0.2, -0.15) is 0 Å². The first-order valence-corrected chi connectivity index (χ1v) is 12.8. The van der Waals surface area contributed by atoms with Gasteiger partial charge in [0.1, 0.15) is 5.75 Å². The van der Waals surface area contributed by atoms with Crippen LogP contribution in [0.3, 0.4) is 0 Å². The van der Waals surface area contributed by atoms with Crippen LogP contribution in [0.2, 0.25) is 0 Å². The molecule has 0 atom stereocenters. The second-order valence-electron chi connectivity index (χ2n) is 6.26. The topological polar surface area (TPSA) is 32.6 Å². The molecule has 0 aromatic heterocycles. The fourth-order valence-corrected chi connectivity index (χ4v) is 3.16. The normalized spacial score (nSPS) is 14.8. The molecule has 1 fully saturated rings. The Balaban J connectivity index is 0.000000701. The summed E-state index contributed by atoms with van der Waals surface area (Å²) in [4.78, 5) is 4.71. The Hall–Kier alpha value is -0.796. The van der Waals surface area contributed by atoms with Crippen molar-refractivity contribution in [2.75, 3.05) is 0 Å². The van der Waals surface area contributed by atoms with Gasteiger partial charge in [0.25, 0.3) is 0 Å². The van der Waals surface area contributed by atoms with Gasteiger partial charge in [0.2, 0.25) is 0 Å². The summed E-state index contributed by atoms with van der Waals surface area (Å²) < 4.78 is 0. The number of rotatable bonds is 3. The van der Waals surface area contributed by atoms with Crippen molar-refractivity contribution in [2.45, 2.75) is 45.1 Å². The van der Waals surface area contributed by atoms with Crippen molar-refractivity contribution in [1.82, 2.24) is 0 Å². The Kier molecular flexibility index (Phi) is 9.05. The van der Waals surface area contributed by atoms with E-state index in [1.54, 1.807) is 0 Å². The minimum absolute atomic E-state index is 0.330. The van der Waals surface area contributed by atoms with Crippen LogP contribution in [0.1, 0.15) is 43.2 Å². The molecule has 0 spiro atoms. The average molecular weight is 412 g/mol. The van der Waals surface area contributed by atoms with Gasteiger partial charge in [-0.15, -0.1) is 0 Å². The third-order valence-electron chi connectivity index (χ3n) is 4.37. The third kappa shape index (κ3) is 6.45. The summed E-state index contributed by atoms with van der Waals surface area (Å²) >= 11 is -0.556. The molecule has 0 heterocycles. The van der Waals surface area contributed by atoms with Crippen LogP contribution in [-0.4, -0.2) is 17.4 Å². The fraction of sp³-hybridized carbons (Fsp3) is 0.350. The molecule has 1 saturated carbocycles. The number of hydrogen-bond donors (Lipinski definition) is 1. The second kappa shape index (κ2) is 11.0. The van der Waals surface area contributed by atoms with Crippen LogP contribution in [0.4, 0.5) is 0 Å². The molecule has 132 valence electrons. The zero-order valence-electron chi connectivity index (χ0n) is 14.4. The molecular weight excluding hydrogens is 389 g/mol. The standard InChI is InChI=1S/C20H23NO.2ClH.Ti/c1-15-12-17(14-21-18-10-6-3-7-11-18)20(22)19(13-15)16-8-4-2-5-9-16;;;/h2,4-5,8-9,12-14,18,22H,3,6-7,10-11H2,1H3;2*1H;/q;;;+2/p-2. The van der Waals surface area contributed by atoms with E-state index in [0.717, 1.165) is 22.3 Å². The van der Waals surface area contributed by atoms with E-state index in [9.17, 15) is 5.11 Å². The van der Waals surface area contributed by atoms with Gasteiger partial charge in [0.05, 0.1) is 0 Å². The van der Waals surface area contributed by atoms with E-state index in [-0.39, 0.29) is 0 Å². The van der Waals surface area contributed by atoms with Crippen molar-refractivity contribution < 1.29 is 22.1 Å². The fourth-order valence-electron chi connectivity index (χ4n) is 3.16. The van der Waals surface area contributed by atoms with Crippen LogP contribution in [0.25, 0.3) is 11.1 Å². The van der Waals surface area contributed by atoms with Crippen LogP contribution in [0.15, 0.2) is 47.5 Å². The molecule has 25 heavy (non-hydrogen) atoms. The maximum absolute atomic E-state index is 10.6. The summed E-state index contributed by atoms with van der Waals surface area (Å²) in [5, 5.41) is 10.6. The molecule has 0 aliphatic heterocycles. The first-order chi connectivity index (χ1) is 12.2.